The minimum absolute atomic E-state index is 0.789. The number of hydrogen-bond acceptors (Lipinski definition) is 1. The van der Waals surface area contributed by atoms with E-state index in [9.17, 15) is 0 Å². The molecule has 17 heavy (non-hydrogen) atoms. The molecule has 3 aromatic carbocycles. The number of hydrogen-bond donors (Lipinski definition) is 0. The quantitative estimate of drug-likeness (QED) is 0.564. The average Bonchev–Trinajstić information content (AvgIpc) is 2.40. The highest BCUT2D eigenvalue weighted by atomic mass is 35.5. The van der Waals surface area contributed by atoms with Gasteiger partial charge in [0.1, 0.15) is 5.75 Å². The number of halogens is 1. The maximum atomic E-state index is 6.45. The van der Waals surface area contributed by atoms with E-state index < -0.39 is 0 Å². The molecular weight excluding hydrogens is 232 g/mol. The van der Waals surface area contributed by atoms with E-state index in [0.29, 0.717) is 0 Å². The van der Waals surface area contributed by atoms with E-state index in [2.05, 4.69) is 0 Å². The molecule has 0 unspecified atom stereocenters. The van der Waals surface area contributed by atoms with E-state index in [1.807, 2.05) is 48.5 Å². The highest BCUT2D eigenvalue weighted by molar-refractivity contribution is 6.41. The minimum Gasteiger partial charge on any atom is -0.495 e. The van der Waals surface area contributed by atoms with Crippen molar-refractivity contribution < 1.29 is 4.74 Å². The lowest BCUT2D eigenvalue weighted by atomic mass is 10.0. The molecule has 0 atom stereocenters. The first kappa shape index (κ1) is 10.4. The third-order valence-corrected chi connectivity index (χ3v) is 3.43. The van der Waals surface area contributed by atoms with Crippen LogP contribution in [0.5, 0.6) is 5.75 Å². The summed E-state index contributed by atoms with van der Waals surface area (Å²) < 4.78 is 5.54. The monoisotopic (exact) mass is 242 g/mol. The van der Waals surface area contributed by atoms with Gasteiger partial charge in [-0.15, -0.1) is 0 Å². The van der Waals surface area contributed by atoms with E-state index in [4.69, 9.17) is 16.3 Å². The van der Waals surface area contributed by atoms with Crippen molar-refractivity contribution in [1.82, 2.24) is 0 Å². The summed E-state index contributed by atoms with van der Waals surface area (Å²) in [5, 5.41) is 4.96. The summed E-state index contributed by atoms with van der Waals surface area (Å²) in [5.74, 6) is 0.889. The van der Waals surface area contributed by atoms with Gasteiger partial charge in [-0.2, -0.15) is 0 Å². The van der Waals surface area contributed by atoms with Crippen LogP contribution in [0.1, 0.15) is 0 Å². The molecule has 0 aromatic heterocycles. The van der Waals surface area contributed by atoms with Crippen molar-refractivity contribution in [3.8, 4) is 5.75 Å². The molecule has 0 saturated carbocycles. The second-order valence-electron chi connectivity index (χ2n) is 3.94. The predicted octanol–water partition coefficient (Wildman–Crippen LogP) is 4.66. The lowest BCUT2D eigenvalue weighted by Crippen LogP contribution is -1.88. The molecular formula is C15H11ClO. The maximum Gasteiger partial charge on any atom is 0.134 e. The van der Waals surface area contributed by atoms with Gasteiger partial charge in [-0.25, -0.2) is 0 Å². The van der Waals surface area contributed by atoms with Crippen LogP contribution in [0.4, 0.5) is 0 Å². The Balaban J connectivity index is 2.63. The van der Waals surface area contributed by atoms with Crippen molar-refractivity contribution in [2.24, 2.45) is 0 Å². The molecule has 0 N–H and O–H groups in total. The van der Waals surface area contributed by atoms with Crippen LogP contribution in [-0.2, 0) is 0 Å². The van der Waals surface area contributed by atoms with Gasteiger partial charge in [0.05, 0.1) is 12.1 Å². The van der Waals surface area contributed by atoms with Gasteiger partial charge in [0, 0.05) is 21.5 Å². The molecule has 0 saturated heterocycles. The molecule has 0 aliphatic rings. The molecule has 0 bridgehead atoms. The third kappa shape index (κ3) is 1.47. The molecule has 0 fully saturated rings. The zero-order valence-corrected chi connectivity index (χ0v) is 10.2. The lowest BCUT2D eigenvalue weighted by Gasteiger charge is -2.11. The maximum absolute atomic E-state index is 6.45. The van der Waals surface area contributed by atoms with Gasteiger partial charge in [-0.05, 0) is 0 Å². The summed E-state index contributed by atoms with van der Waals surface area (Å²) in [4.78, 5) is 0. The summed E-state index contributed by atoms with van der Waals surface area (Å²) >= 11 is 6.45. The molecule has 0 radical (unpaired) electrons. The van der Waals surface area contributed by atoms with E-state index in [0.717, 1.165) is 32.3 Å². The van der Waals surface area contributed by atoms with Gasteiger partial charge in [0.15, 0.2) is 0 Å². The van der Waals surface area contributed by atoms with Gasteiger partial charge in [-0.1, -0.05) is 60.1 Å². The topological polar surface area (TPSA) is 9.23 Å². The van der Waals surface area contributed by atoms with Crippen LogP contribution in [0.2, 0.25) is 5.02 Å². The van der Waals surface area contributed by atoms with Crippen molar-refractivity contribution in [2.45, 2.75) is 0 Å². The van der Waals surface area contributed by atoms with Gasteiger partial charge in [0.25, 0.3) is 0 Å². The third-order valence-electron chi connectivity index (χ3n) is 3.02. The van der Waals surface area contributed by atoms with Crippen LogP contribution in [0.15, 0.2) is 48.5 Å². The normalized spacial score (nSPS) is 10.9. The summed E-state index contributed by atoms with van der Waals surface area (Å²) in [7, 11) is 1.70. The molecule has 0 spiro atoms. The first-order chi connectivity index (χ1) is 8.33. The standard InChI is InChI=1S/C15H11ClO/c1-17-15-12-8-4-2-6-10(12)14(16)11-7-3-5-9-13(11)15/h2-9H,1H3. The Kier molecular flexibility index (Phi) is 2.41. The zero-order chi connectivity index (χ0) is 11.8. The number of fused-ring (bicyclic) bond motifs is 2. The molecule has 0 amide bonds. The Morgan fingerprint density at radius 2 is 1.18 bits per heavy atom. The SMILES string of the molecule is COc1c2ccccc2c(Cl)c2ccccc12. The van der Waals surface area contributed by atoms with Crippen LogP contribution < -0.4 is 4.74 Å². The first-order valence-electron chi connectivity index (χ1n) is 5.46. The highest BCUT2D eigenvalue weighted by Gasteiger charge is 2.11. The average molecular weight is 243 g/mol. The molecule has 0 aliphatic heterocycles. The lowest BCUT2D eigenvalue weighted by molar-refractivity contribution is 0.424. The zero-order valence-electron chi connectivity index (χ0n) is 9.41. The number of methoxy groups -OCH3 is 1. The van der Waals surface area contributed by atoms with Gasteiger partial charge >= 0.3 is 0 Å². The summed E-state index contributed by atoms with van der Waals surface area (Å²) in [6.07, 6.45) is 0. The Labute approximate surface area is 105 Å². The molecule has 0 heterocycles. The molecule has 3 rings (SSSR count). The largest absolute Gasteiger partial charge is 0.495 e. The van der Waals surface area contributed by atoms with Crippen LogP contribution in [0, 0.1) is 0 Å². The second kappa shape index (κ2) is 3.94. The van der Waals surface area contributed by atoms with E-state index >= 15 is 0 Å². The predicted molar refractivity (Wildman–Crippen MR) is 73.0 cm³/mol. The van der Waals surface area contributed by atoms with Crippen LogP contribution >= 0.6 is 11.6 Å². The van der Waals surface area contributed by atoms with Gasteiger partial charge in [-0.3, -0.25) is 0 Å². The first-order valence-corrected chi connectivity index (χ1v) is 5.83. The van der Waals surface area contributed by atoms with Crippen LogP contribution in [0.25, 0.3) is 21.5 Å². The Morgan fingerprint density at radius 3 is 1.59 bits per heavy atom. The van der Waals surface area contributed by atoms with Crippen molar-refractivity contribution in [2.75, 3.05) is 7.11 Å². The smallest absolute Gasteiger partial charge is 0.134 e. The van der Waals surface area contributed by atoms with Crippen molar-refractivity contribution in [3.63, 3.8) is 0 Å². The molecule has 3 aromatic rings. The summed E-state index contributed by atoms with van der Waals surface area (Å²) in [6.45, 7) is 0. The number of rotatable bonds is 1. The fourth-order valence-corrected chi connectivity index (χ4v) is 2.58. The van der Waals surface area contributed by atoms with Crippen molar-refractivity contribution in [3.05, 3.63) is 53.6 Å². The molecule has 84 valence electrons. The van der Waals surface area contributed by atoms with Crippen LogP contribution in [0.3, 0.4) is 0 Å². The van der Waals surface area contributed by atoms with E-state index in [-0.39, 0.29) is 0 Å². The Bertz CT molecular complexity index is 647. The summed E-state index contributed by atoms with van der Waals surface area (Å²) in [5.41, 5.74) is 0. The molecule has 1 nitrogen and oxygen atoms in total. The Morgan fingerprint density at radius 1 is 0.765 bits per heavy atom. The van der Waals surface area contributed by atoms with E-state index in [1.54, 1.807) is 7.11 Å². The van der Waals surface area contributed by atoms with Gasteiger partial charge in [0.2, 0.25) is 0 Å². The van der Waals surface area contributed by atoms with Crippen molar-refractivity contribution >= 4 is 33.1 Å². The number of ether oxygens (including phenoxy) is 1. The fourth-order valence-electron chi connectivity index (χ4n) is 2.26. The van der Waals surface area contributed by atoms with Gasteiger partial charge < -0.3 is 4.74 Å². The summed E-state index contributed by atoms with van der Waals surface area (Å²) in [6, 6.07) is 16.1. The number of benzene rings is 3. The van der Waals surface area contributed by atoms with E-state index in [1.165, 1.54) is 0 Å². The Hall–Kier alpha value is -1.73. The molecule has 2 heteroatoms. The minimum atomic E-state index is 0.789. The fraction of sp³-hybridized carbons (Fsp3) is 0.0667. The van der Waals surface area contributed by atoms with Crippen molar-refractivity contribution in [1.29, 1.82) is 0 Å². The van der Waals surface area contributed by atoms with Crippen LogP contribution in [-0.4, -0.2) is 7.11 Å². The highest BCUT2D eigenvalue weighted by Crippen LogP contribution is 2.40. The second-order valence-corrected chi connectivity index (χ2v) is 4.32. The molecule has 0 aliphatic carbocycles.